The molecule has 0 bridgehead atoms. The summed E-state index contributed by atoms with van der Waals surface area (Å²) in [6, 6.07) is 0. The summed E-state index contributed by atoms with van der Waals surface area (Å²) in [6.45, 7) is 0. The fourth-order valence-corrected chi connectivity index (χ4v) is 0.654. The third-order valence-electron chi connectivity index (χ3n) is 1.15. The van der Waals surface area contributed by atoms with Crippen LogP contribution in [0, 0.1) is 6.10 Å². The maximum Gasteiger partial charge on any atom is 0.155 e. The number of hydrogen-bond acceptors (Lipinski definition) is 4. The van der Waals surface area contributed by atoms with Crippen LogP contribution in [0.25, 0.3) is 0 Å². The van der Waals surface area contributed by atoms with E-state index < -0.39 is 18.0 Å². The molecular weight excluding hydrogens is 136 g/mol. The third kappa shape index (κ3) is 1.12. The molecule has 4 heteroatoms. The van der Waals surface area contributed by atoms with Crippen molar-refractivity contribution < 1.29 is 20.4 Å². The van der Waals surface area contributed by atoms with Crippen LogP contribution in [0.15, 0.2) is 23.7 Å². The molecule has 0 heterocycles. The van der Waals surface area contributed by atoms with E-state index in [1.165, 1.54) is 0 Å². The molecule has 1 atom stereocenters. The first-order valence-electron chi connectivity index (χ1n) is 2.66. The van der Waals surface area contributed by atoms with E-state index in [0.29, 0.717) is 0 Å². The highest BCUT2D eigenvalue weighted by Gasteiger charge is 2.23. The van der Waals surface area contributed by atoms with E-state index in [2.05, 4.69) is 0 Å². The Kier molecular flexibility index (Phi) is 1.65. The lowest BCUT2D eigenvalue weighted by Gasteiger charge is -2.16. The van der Waals surface area contributed by atoms with Gasteiger partial charge >= 0.3 is 0 Å². The highest BCUT2D eigenvalue weighted by molar-refractivity contribution is 5.31. The van der Waals surface area contributed by atoms with Crippen molar-refractivity contribution in [1.29, 1.82) is 0 Å². The molecule has 1 aliphatic carbocycles. The maximum absolute atomic E-state index is 8.80. The number of rotatable bonds is 0. The van der Waals surface area contributed by atoms with Crippen LogP contribution in [-0.4, -0.2) is 26.5 Å². The van der Waals surface area contributed by atoms with Gasteiger partial charge in [0.25, 0.3) is 0 Å². The minimum atomic E-state index is -1.39. The molecule has 10 heavy (non-hydrogen) atoms. The zero-order valence-corrected chi connectivity index (χ0v) is 5.02. The Morgan fingerprint density at radius 2 is 1.70 bits per heavy atom. The minimum absolute atomic E-state index is 0.277. The summed E-state index contributed by atoms with van der Waals surface area (Å²) in [5.41, 5.74) is 0. The second-order valence-corrected chi connectivity index (χ2v) is 1.97. The minimum Gasteiger partial charge on any atom is -0.509 e. The molecule has 0 aromatic carbocycles. The molecular formula is C6H7O4. The van der Waals surface area contributed by atoms with E-state index in [0.717, 1.165) is 12.2 Å². The fraction of sp³-hybridized carbons (Fsp3) is 0.167. The molecule has 0 spiro atoms. The maximum atomic E-state index is 8.80. The normalized spacial score (nSPS) is 27.6. The first-order valence-corrected chi connectivity index (χ1v) is 2.66. The van der Waals surface area contributed by atoms with Crippen molar-refractivity contribution in [3.05, 3.63) is 29.8 Å². The lowest BCUT2D eigenvalue weighted by molar-refractivity contribution is 0.100. The molecule has 0 saturated carbocycles. The Morgan fingerprint density at radius 1 is 1.10 bits per heavy atom. The number of aliphatic hydroxyl groups is 4. The highest BCUT2D eigenvalue weighted by Crippen LogP contribution is 2.19. The Bertz CT molecular complexity index is 194. The van der Waals surface area contributed by atoms with Gasteiger partial charge in [0, 0.05) is 6.08 Å². The molecule has 1 radical (unpaired) electrons. The zero-order chi connectivity index (χ0) is 7.72. The lowest BCUT2D eigenvalue weighted by Crippen LogP contribution is -2.22. The van der Waals surface area contributed by atoms with Crippen LogP contribution < -0.4 is 0 Å². The molecule has 0 amide bonds. The Balaban J connectivity index is 2.85. The summed E-state index contributed by atoms with van der Waals surface area (Å²) in [5, 5.41) is 35.0. The average molecular weight is 143 g/mol. The summed E-state index contributed by atoms with van der Waals surface area (Å²) < 4.78 is 0. The van der Waals surface area contributed by atoms with Crippen LogP contribution in [0.1, 0.15) is 0 Å². The van der Waals surface area contributed by atoms with Crippen molar-refractivity contribution >= 4 is 0 Å². The molecule has 1 aliphatic rings. The molecule has 0 saturated heterocycles. The molecule has 4 nitrogen and oxygen atoms in total. The van der Waals surface area contributed by atoms with E-state index in [1.54, 1.807) is 0 Å². The first-order chi connectivity index (χ1) is 4.61. The Labute approximate surface area is 57.4 Å². The monoisotopic (exact) mass is 143 g/mol. The summed E-state index contributed by atoms with van der Waals surface area (Å²) >= 11 is 0. The van der Waals surface area contributed by atoms with Gasteiger partial charge in [0.05, 0.1) is 0 Å². The number of hydrogen-bond donors (Lipinski definition) is 4. The lowest BCUT2D eigenvalue weighted by atomic mass is 10.1. The van der Waals surface area contributed by atoms with E-state index in [1.807, 2.05) is 0 Å². The van der Waals surface area contributed by atoms with Crippen molar-refractivity contribution in [2.75, 3.05) is 0 Å². The smallest absolute Gasteiger partial charge is 0.155 e. The SMILES string of the molecule is O[C]1C=C(O)C=C(O)C1O. The topological polar surface area (TPSA) is 80.9 Å². The van der Waals surface area contributed by atoms with Gasteiger partial charge in [-0.25, -0.2) is 0 Å². The van der Waals surface area contributed by atoms with Gasteiger partial charge in [0.1, 0.15) is 17.6 Å². The molecule has 0 aromatic heterocycles. The van der Waals surface area contributed by atoms with Gasteiger partial charge < -0.3 is 20.4 Å². The van der Waals surface area contributed by atoms with Crippen molar-refractivity contribution in [1.82, 2.24) is 0 Å². The van der Waals surface area contributed by atoms with Gasteiger partial charge in [-0.15, -0.1) is 0 Å². The Morgan fingerprint density at radius 3 is 2.20 bits per heavy atom. The zero-order valence-electron chi connectivity index (χ0n) is 5.02. The molecule has 0 aliphatic heterocycles. The summed E-state index contributed by atoms with van der Waals surface area (Å²) in [5.74, 6) is -0.738. The predicted octanol–water partition coefficient (Wildman–Crippen LogP) is 0.149. The predicted molar refractivity (Wildman–Crippen MR) is 32.6 cm³/mol. The second kappa shape index (κ2) is 2.32. The molecule has 1 unspecified atom stereocenters. The van der Waals surface area contributed by atoms with E-state index in [-0.39, 0.29) is 5.76 Å². The van der Waals surface area contributed by atoms with E-state index in [9.17, 15) is 0 Å². The molecule has 1 rings (SSSR count). The second-order valence-electron chi connectivity index (χ2n) is 1.97. The van der Waals surface area contributed by atoms with Gasteiger partial charge in [-0.05, 0) is 6.08 Å². The van der Waals surface area contributed by atoms with Crippen molar-refractivity contribution in [2.45, 2.75) is 6.10 Å². The molecule has 4 N–H and O–H groups in total. The quantitative estimate of drug-likeness (QED) is 0.389. The summed E-state index contributed by atoms with van der Waals surface area (Å²) in [4.78, 5) is 0. The van der Waals surface area contributed by atoms with Crippen LogP contribution >= 0.6 is 0 Å². The van der Waals surface area contributed by atoms with Gasteiger partial charge in [-0.3, -0.25) is 0 Å². The van der Waals surface area contributed by atoms with E-state index in [4.69, 9.17) is 20.4 Å². The van der Waals surface area contributed by atoms with Crippen molar-refractivity contribution in [3.8, 4) is 0 Å². The largest absolute Gasteiger partial charge is 0.509 e. The first kappa shape index (κ1) is 7.11. The highest BCUT2D eigenvalue weighted by atomic mass is 16.4. The molecule has 55 valence electrons. The fourth-order valence-electron chi connectivity index (χ4n) is 0.654. The van der Waals surface area contributed by atoms with Gasteiger partial charge in [-0.2, -0.15) is 0 Å². The summed E-state index contributed by atoms with van der Waals surface area (Å²) in [6.07, 6.45) is 0.0720. The van der Waals surface area contributed by atoms with Crippen molar-refractivity contribution in [3.63, 3.8) is 0 Å². The summed E-state index contributed by atoms with van der Waals surface area (Å²) in [7, 11) is 0. The van der Waals surface area contributed by atoms with Crippen LogP contribution in [0.3, 0.4) is 0 Å². The van der Waals surface area contributed by atoms with Crippen LogP contribution in [0.2, 0.25) is 0 Å². The average Bonchev–Trinajstić information content (AvgIpc) is 1.82. The van der Waals surface area contributed by atoms with Crippen molar-refractivity contribution in [2.24, 2.45) is 0 Å². The standard InChI is InChI=1S/C6H7O4/c7-3-1-4(8)6(10)5(9)2-3/h1-2,6-10H. The van der Waals surface area contributed by atoms with Gasteiger partial charge in [-0.1, -0.05) is 0 Å². The van der Waals surface area contributed by atoms with Crippen LogP contribution in [0.4, 0.5) is 0 Å². The van der Waals surface area contributed by atoms with E-state index >= 15 is 0 Å². The van der Waals surface area contributed by atoms with Gasteiger partial charge in [0.15, 0.2) is 6.10 Å². The third-order valence-corrected chi connectivity index (χ3v) is 1.15. The van der Waals surface area contributed by atoms with Crippen LogP contribution in [0.5, 0.6) is 0 Å². The number of allylic oxidation sites excluding steroid dienone is 1. The molecule has 0 aromatic rings. The molecule has 0 fully saturated rings. The van der Waals surface area contributed by atoms with Gasteiger partial charge in [0.2, 0.25) is 0 Å². The van der Waals surface area contributed by atoms with Crippen LogP contribution in [-0.2, 0) is 0 Å². The number of aliphatic hydroxyl groups excluding tert-OH is 4. The Hall–Kier alpha value is -1.00.